The van der Waals surface area contributed by atoms with Gasteiger partial charge >= 0.3 is 0 Å². The number of methoxy groups -OCH3 is 1. The van der Waals surface area contributed by atoms with Crippen molar-refractivity contribution in [2.24, 2.45) is 0 Å². The molecule has 0 N–H and O–H groups in total. The van der Waals surface area contributed by atoms with Gasteiger partial charge in [0.1, 0.15) is 11.4 Å². The van der Waals surface area contributed by atoms with Crippen LogP contribution in [-0.4, -0.2) is 18.5 Å². The first kappa shape index (κ1) is 12.8. The van der Waals surface area contributed by atoms with Crippen molar-refractivity contribution < 1.29 is 13.9 Å². The molecule has 0 aromatic heterocycles. The summed E-state index contributed by atoms with van der Waals surface area (Å²) in [5.41, 5.74) is 0.224. The summed E-state index contributed by atoms with van der Waals surface area (Å²) in [6.07, 6.45) is 0.553. The lowest BCUT2D eigenvalue weighted by molar-refractivity contribution is 0.0106. The third-order valence-electron chi connectivity index (χ3n) is 2.91. The topological polar surface area (TPSA) is 26.3 Å². The third kappa shape index (κ3) is 2.47. The lowest BCUT2D eigenvalue weighted by Gasteiger charge is -2.25. The smallest absolute Gasteiger partial charge is 0.194 e. The Morgan fingerprint density at radius 3 is 2.50 bits per heavy atom. The number of hydrogen-bond donors (Lipinski definition) is 0. The average molecular weight is 224 g/mol. The van der Waals surface area contributed by atoms with E-state index in [4.69, 9.17) is 4.74 Å². The van der Waals surface area contributed by atoms with Crippen molar-refractivity contribution in [1.82, 2.24) is 0 Å². The number of rotatable bonds is 4. The molecule has 1 aromatic rings. The van der Waals surface area contributed by atoms with E-state index in [0.717, 1.165) is 5.56 Å². The quantitative estimate of drug-likeness (QED) is 0.734. The molecule has 0 saturated carbocycles. The first-order chi connectivity index (χ1) is 7.42. The van der Waals surface area contributed by atoms with Crippen molar-refractivity contribution in [3.63, 3.8) is 0 Å². The number of aryl methyl sites for hydroxylation is 1. The molecule has 0 saturated heterocycles. The summed E-state index contributed by atoms with van der Waals surface area (Å²) in [6, 6.07) is 4.33. The highest BCUT2D eigenvalue weighted by Crippen LogP contribution is 2.22. The fourth-order valence-electron chi connectivity index (χ4n) is 1.57. The number of ketones is 1. The van der Waals surface area contributed by atoms with Crippen molar-refractivity contribution in [2.75, 3.05) is 7.11 Å². The number of carbonyl (C=O) groups is 1. The molecule has 2 nitrogen and oxygen atoms in total. The molecule has 16 heavy (non-hydrogen) atoms. The first-order valence-corrected chi connectivity index (χ1v) is 5.30. The average Bonchev–Trinajstić information content (AvgIpc) is 2.25. The molecule has 0 amide bonds. The Kier molecular flexibility index (Phi) is 3.81. The summed E-state index contributed by atoms with van der Waals surface area (Å²) in [5.74, 6) is -0.571. The fourth-order valence-corrected chi connectivity index (χ4v) is 1.57. The highest BCUT2D eigenvalue weighted by Gasteiger charge is 2.32. The molecule has 1 unspecified atom stereocenters. The van der Waals surface area contributed by atoms with E-state index in [1.165, 1.54) is 19.2 Å². The maximum Gasteiger partial charge on any atom is 0.194 e. The van der Waals surface area contributed by atoms with Crippen LogP contribution in [0.2, 0.25) is 0 Å². The van der Waals surface area contributed by atoms with Crippen LogP contribution in [0, 0.1) is 12.7 Å². The van der Waals surface area contributed by atoms with Crippen LogP contribution in [0.1, 0.15) is 36.2 Å². The van der Waals surface area contributed by atoms with E-state index in [2.05, 4.69) is 0 Å². The van der Waals surface area contributed by atoms with Crippen LogP contribution in [0.3, 0.4) is 0 Å². The molecule has 0 aliphatic carbocycles. The van der Waals surface area contributed by atoms with E-state index in [1.807, 2.05) is 6.92 Å². The second kappa shape index (κ2) is 4.74. The van der Waals surface area contributed by atoms with E-state index >= 15 is 0 Å². The summed E-state index contributed by atoms with van der Waals surface area (Å²) in [7, 11) is 1.49. The maximum absolute atomic E-state index is 13.2. The van der Waals surface area contributed by atoms with Gasteiger partial charge in [-0.15, -0.1) is 0 Å². The number of hydrogen-bond acceptors (Lipinski definition) is 2. The van der Waals surface area contributed by atoms with Crippen molar-refractivity contribution in [3.8, 4) is 0 Å². The zero-order chi connectivity index (χ0) is 12.3. The van der Waals surface area contributed by atoms with Crippen LogP contribution in [0.25, 0.3) is 0 Å². The first-order valence-electron chi connectivity index (χ1n) is 5.30. The van der Waals surface area contributed by atoms with E-state index < -0.39 is 11.4 Å². The minimum absolute atomic E-state index is 0.180. The molecule has 1 rings (SSSR count). The molecule has 0 spiro atoms. The Hall–Kier alpha value is -1.22. The molecule has 1 aromatic carbocycles. The molecule has 3 heteroatoms. The van der Waals surface area contributed by atoms with Gasteiger partial charge in [-0.2, -0.15) is 0 Å². The number of carbonyl (C=O) groups excluding carboxylic acids is 1. The molecule has 0 heterocycles. The lowest BCUT2D eigenvalue weighted by Crippen LogP contribution is -2.36. The van der Waals surface area contributed by atoms with Gasteiger partial charge < -0.3 is 4.74 Å². The second-order valence-corrected chi connectivity index (χ2v) is 4.13. The van der Waals surface area contributed by atoms with E-state index in [1.54, 1.807) is 19.9 Å². The van der Waals surface area contributed by atoms with Crippen LogP contribution < -0.4 is 0 Å². The Balaban J connectivity index is 3.13. The van der Waals surface area contributed by atoms with Gasteiger partial charge in [-0.25, -0.2) is 4.39 Å². The Morgan fingerprint density at radius 1 is 1.44 bits per heavy atom. The summed E-state index contributed by atoms with van der Waals surface area (Å²) in [4.78, 5) is 12.1. The third-order valence-corrected chi connectivity index (χ3v) is 2.91. The fraction of sp³-hybridized carbons (Fsp3) is 0.462. The van der Waals surface area contributed by atoms with Crippen LogP contribution in [0.5, 0.6) is 0 Å². The maximum atomic E-state index is 13.2. The molecular formula is C13H17FO2. The van der Waals surface area contributed by atoms with Gasteiger partial charge in [-0.05, 0) is 44.0 Å². The zero-order valence-corrected chi connectivity index (χ0v) is 10.1. The van der Waals surface area contributed by atoms with Crippen LogP contribution in [0.4, 0.5) is 4.39 Å². The molecule has 1 atom stereocenters. The standard InChI is InChI=1S/C13H17FO2/c1-5-13(3,16-4)12(15)10-6-9(2)7-11(14)8-10/h6-8H,5H2,1-4H3. The van der Waals surface area contributed by atoms with Crippen LogP contribution in [0.15, 0.2) is 18.2 Å². The molecule has 0 radical (unpaired) electrons. The predicted octanol–water partition coefficient (Wildman–Crippen LogP) is 3.13. The summed E-state index contributed by atoms with van der Waals surface area (Å²) >= 11 is 0. The van der Waals surface area contributed by atoms with Crippen LogP contribution in [-0.2, 0) is 4.74 Å². The van der Waals surface area contributed by atoms with Gasteiger partial charge in [0.15, 0.2) is 5.78 Å². The summed E-state index contributed by atoms with van der Waals surface area (Å²) in [5, 5.41) is 0. The molecule has 0 bridgehead atoms. The van der Waals surface area contributed by atoms with Gasteiger partial charge in [-0.1, -0.05) is 6.92 Å². The van der Waals surface area contributed by atoms with Crippen molar-refractivity contribution >= 4 is 5.78 Å². The largest absolute Gasteiger partial charge is 0.370 e. The van der Waals surface area contributed by atoms with E-state index in [-0.39, 0.29) is 5.78 Å². The minimum atomic E-state index is -0.875. The Morgan fingerprint density at radius 2 is 2.06 bits per heavy atom. The highest BCUT2D eigenvalue weighted by atomic mass is 19.1. The summed E-state index contributed by atoms with van der Waals surface area (Å²) in [6.45, 7) is 5.35. The van der Waals surface area contributed by atoms with E-state index in [0.29, 0.717) is 12.0 Å². The Bertz CT molecular complexity index is 375. The number of halogens is 1. The van der Waals surface area contributed by atoms with Crippen molar-refractivity contribution in [1.29, 1.82) is 0 Å². The van der Waals surface area contributed by atoms with Crippen molar-refractivity contribution in [3.05, 3.63) is 35.1 Å². The number of Topliss-reactive ketones (excluding diaryl/α,β-unsaturated/α-hetero) is 1. The molecule has 0 aliphatic heterocycles. The SMILES string of the molecule is CCC(C)(OC)C(=O)c1cc(C)cc(F)c1. The van der Waals surface area contributed by atoms with Gasteiger partial charge in [-0.3, -0.25) is 4.79 Å². The molecular weight excluding hydrogens is 207 g/mol. The normalized spacial score (nSPS) is 14.6. The van der Waals surface area contributed by atoms with Crippen molar-refractivity contribution in [2.45, 2.75) is 32.8 Å². The van der Waals surface area contributed by atoms with E-state index in [9.17, 15) is 9.18 Å². The van der Waals surface area contributed by atoms with Gasteiger partial charge in [0.2, 0.25) is 0 Å². The molecule has 0 fully saturated rings. The Labute approximate surface area is 95.4 Å². The summed E-state index contributed by atoms with van der Waals surface area (Å²) < 4.78 is 18.4. The van der Waals surface area contributed by atoms with Gasteiger partial charge in [0, 0.05) is 12.7 Å². The van der Waals surface area contributed by atoms with Gasteiger partial charge in [0.05, 0.1) is 0 Å². The minimum Gasteiger partial charge on any atom is -0.370 e. The number of ether oxygens (including phenoxy) is 1. The van der Waals surface area contributed by atoms with Gasteiger partial charge in [0.25, 0.3) is 0 Å². The molecule has 88 valence electrons. The predicted molar refractivity (Wildman–Crippen MR) is 61.2 cm³/mol. The lowest BCUT2D eigenvalue weighted by atomic mass is 9.91. The number of benzene rings is 1. The van der Waals surface area contributed by atoms with Crippen LogP contribution >= 0.6 is 0 Å². The molecule has 0 aliphatic rings. The second-order valence-electron chi connectivity index (χ2n) is 4.13. The zero-order valence-electron chi connectivity index (χ0n) is 10.1. The monoisotopic (exact) mass is 224 g/mol. The highest BCUT2D eigenvalue weighted by molar-refractivity contribution is 6.02.